The van der Waals surface area contributed by atoms with Crippen molar-refractivity contribution in [2.45, 2.75) is 0 Å². The molecule has 0 spiro atoms. The van der Waals surface area contributed by atoms with Gasteiger partial charge in [-0.1, -0.05) is 29.8 Å². The predicted octanol–water partition coefficient (Wildman–Crippen LogP) is 4.78. The van der Waals surface area contributed by atoms with Gasteiger partial charge in [0.2, 0.25) is 0 Å². The molecule has 0 bridgehead atoms. The first-order valence-corrected chi connectivity index (χ1v) is 8.00. The second-order valence-electron chi connectivity index (χ2n) is 5.32. The van der Waals surface area contributed by atoms with Crippen LogP contribution in [0.4, 0.5) is 0 Å². The number of ether oxygens (including phenoxy) is 1. The van der Waals surface area contributed by atoms with E-state index in [2.05, 4.69) is 15.0 Å². The van der Waals surface area contributed by atoms with Crippen LogP contribution in [0.25, 0.3) is 16.9 Å². The molecule has 0 saturated heterocycles. The summed E-state index contributed by atoms with van der Waals surface area (Å²) in [6.45, 7) is 0. The second kappa shape index (κ2) is 6.75. The van der Waals surface area contributed by atoms with Crippen LogP contribution in [-0.2, 0) is 0 Å². The van der Waals surface area contributed by atoms with Crippen LogP contribution in [0.5, 0.6) is 11.5 Å². The van der Waals surface area contributed by atoms with Gasteiger partial charge in [0, 0.05) is 30.1 Å². The molecule has 0 atom stereocenters. The molecule has 25 heavy (non-hydrogen) atoms. The van der Waals surface area contributed by atoms with Crippen LogP contribution in [-0.4, -0.2) is 19.5 Å². The maximum absolute atomic E-state index is 6.00. The van der Waals surface area contributed by atoms with Crippen molar-refractivity contribution in [1.29, 1.82) is 0 Å². The standard InChI is InChI=1S/C19H13ClN4O/c20-19-11-18(22-12-23-19)14-3-1-5-16(9-14)25-17-6-2-4-15(10-17)24-8-7-21-13-24/h1-13H. The topological polar surface area (TPSA) is 52.8 Å². The van der Waals surface area contributed by atoms with Crippen molar-refractivity contribution in [2.24, 2.45) is 0 Å². The quantitative estimate of drug-likeness (QED) is 0.498. The molecule has 0 aliphatic rings. The summed E-state index contributed by atoms with van der Waals surface area (Å²) in [5, 5.41) is 0.407. The Hall–Kier alpha value is -3.18. The number of hydrogen-bond donors (Lipinski definition) is 0. The fourth-order valence-corrected chi connectivity index (χ4v) is 2.61. The van der Waals surface area contributed by atoms with Crippen molar-refractivity contribution in [3.63, 3.8) is 0 Å². The molecule has 122 valence electrons. The van der Waals surface area contributed by atoms with E-state index in [1.807, 2.05) is 59.3 Å². The van der Waals surface area contributed by atoms with Gasteiger partial charge in [0.05, 0.1) is 17.7 Å². The van der Waals surface area contributed by atoms with Crippen molar-refractivity contribution in [3.05, 3.63) is 84.8 Å². The molecule has 2 aromatic carbocycles. The summed E-state index contributed by atoms with van der Waals surface area (Å²) >= 11 is 5.94. The average molecular weight is 349 g/mol. The first-order valence-electron chi connectivity index (χ1n) is 7.62. The number of rotatable bonds is 4. The van der Waals surface area contributed by atoms with Gasteiger partial charge in [0.25, 0.3) is 0 Å². The molecular weight excluding hydrogens is 336 g/mol. The van der Waals surface area contributed by atoms with E-state index in [1.54, 1.807) is 18.6 Å². The molecule has 4 aromatic rings. The molecule has 0 aliphatic heterocycles. The van der Waals surface area contributed by atoms with E-state index >= 15 is 0 Å². The summed E-state index contributed by atoms with van der Waals surface area (Å²) in [6.07, 6.45) is 6.82. The van der Waals surface area contributed by atoms with Crippen molar-refractivity contribution in [1.82, 2.24) is 19.5 Å². The van der Waals surface area contributed by atoms with E-state index in [0.717, 1.165) is 28.4 Å². The smallest absolute Gasteiger partial charge is 0.133 e. The second-order valence-corrected chi connectivity index (χ2v) is 5.71. The average Bonchev–Trinajstić information content (AvgIpc) is 3.17. The molecule has 4 rings (SSSR count). The van der Waals surface area contributed by atoms with Gasteiger partial charge in [-0.05, 0) is 24.3 Å². The normalized spacial score (nSPS) is 10.6. The van der Waals surface area contributed by atoms with Crippen LogP contribution in [0.15, 0.2) is 79.6 Å². The Balaban J connectivity index is 1.61. The van der Waals surface area contributed by atoms with E-state index in [9.17, 15) is 0 Å². The summed E-state index contributed by atoms with van der Waals surface area (Å²) in [7, 11) is 0. The van der Waals surface area contributed by atoms with Gasteiger partial charge in [-0.15, -0.1) is 0 Å². The number of halogens is 1. The SMILES string of the molecule is Clc1cc(-c2cccc(Oc3cccc(-n4ccnc4)c3)c2)ncn1. The van der Waals surface area contributed by atoms with Crippen LogP contribution in [0.1, 0.15) is 0 Å². The highest BCUT2D eigenvalue weighted by Gasteiger charge is 2.05. The number of nitrogens with zero attached hydrogens (tertiary/aromatic N) is 4. The van der Waals surface area contributed by atoms with Crippen LogP contribution in [0.3, 0.4) is 0 Å². The molecule has 2 aromatic heterocycles. The molecule has 2 heterocycles. The molecule has 0 saturated carbocycles. The first kappa shape index (κ1) is 15.4. The summed E-state index contributed by atoms with van der Waals surface area (Å²) in [6, 6.07) is 17.2. The van der Waals surface area contributed by atoms with E-state index in [1.165, 1.54) is 6.33 Å². The highest BCUT2D eigenvalue weighted by molar-refractivity contribution is 6.29. The zero-order valence-corrected chi connectivity index (χ0v) is 13.8. The van der Waals surface area contributed by atoms with Gasteiger partial charge < -0.3 is 9.30 Å². The third-order valence-electron chi connectivity index (χ3n) is 3.62. The molecule has 5 nitrogen and oxygen atoms in total. The van der Waals surface area contributed by atoms with Crippen LogP contribution < -0.4 is 4.74 Å². The van der Waals surface area contributed by atoms with Gasteiger partial charge >= 0.3 is 0 Å². The number of hydrogen-bond acceptors (Lipinski definition) is 4. The van der Waals surface area contributed by atoms with Crippen molar-refractivity contribution in [3.8, 4) is 28.4 Å². The Morgan fingerprint density at radius 1 is 0.920 bits per heavy atom. The lowest BCUT2D eigenvalue weighted by molar-refractivity contribution is 0.482. The molecule has 0 fully saturated rings. The molecule has 0 amide bonds. The Morgan fingerprint density at radius 2 is 1.76 bits per heavy atom. The first-order chi connectivity index (χ1) is 12.3. The Bertz CT molecular complexity index is 1000. The van der Waals surface area contributed by atoms with E-state index < -0.39 is 0 Å². The molecule has 6 heteroatoms. The minimum Gasteiger partial charge on any atom is -0.457 e. The van der Waals surface area contributed by atoms with Gasteiger partial charge in [-0.3, -0.25) is 0 Å². The monoisotopic (exact) mass is 348 g/mol. The Labute approximate surface area is 149 Å². The van der Waals surface area contributed by atoms with Crippen molar-refractivity contribution >= 4 is 11.6 Å². The lowest BCUT2D eigenvalue weighted by Crippen LogP contribution is -1.91. The lowest BCUT2D eigenvalue weighted by Gasteiger charge is -2.09. The minimum absolute atomic E-state index is 0.407. The van der Waals surface area contributed by atoms with Crippen molar-refractivity contribution in [2.75, 3.05) is 0 Å². The zero-order valence-electron chi connectivity index (χ0n) is 13.1. The third-order valence-corrected chi connectivity index (χ3v) is 3.83. The van der Waals surface area contributed by atoms with Crippen LogP contribution in [0, 0.1) is 0 Å². The predicted molar refractivity (Wildman–Crippen MR) is 96.1 cm³/mol. The highest BCUT2D eigenvalue weighted by atomic mass is 35.5. The van der Waals surface area contributed by atoms with E-state index in [-0.39, 0.29) is 0 Å². The number of benzene rings is 2. The number of imidazole rings is 1. The fourth-order valence-electron chi connectivity index (χ4n) is 2.47. The van der Waals surface area contributed by atoms with Crippen LogP contribution >= 0.6 is 11.6 Å². The summed E-state index contributed by atoms with van der Waals surface area (Å²) in [5.74, 6) is 1.46. The highest BCUT2D eigenvalue weighted by Crippen LogP contribution is 2.28. The summed E-state index contributed by atoms with van der Waals surface area (Å²) < 4.78 is 7.92. The number of aromatic nitrogens is 4. The molecule has 0 aliphatic carbocycles. The maximum Gasteiger partial charge on any atom is 0.133 e. The third kappa shape index (κ3) is 3.51. The van der Waals surface area contributed by atoms with Gasteiger partial charge in [-0.2, -0.15) is 0 Å². The van der Waals surface area contributed by atoms with Gasteiger partial charge in [0.1, 0.15) is 23.0 Å². The fraction of sp³-hybridized carbons (Fsp3) is 0. The molecule has 0 radical (unpaired) electrons. The zero-order chi connectivity index (χ0) is 17.1. The van der Waals surface area contributed by atoms with E-state index in [4.69, 9.17) is 16.3 Å². The Kier molecular flexibility index (Phi) is 4.14. The lowest BCUT2D eigenvalue weighted by atomic mass is 10.1. The minimum atomic E-state index is 0.407. The van der Waals surface area contributed by atoms with Crippen LogP contribution in [0.2, 0.25) is 5.15 Å². The summed E-state index contributed by atoms with van der Waals surface area (Å²) in [4.78, 5) is 12.2. The molecule has 0 unspecified atom stereocenters. The maximum atomic E-state index is 6.00. The molecule has 0 N–H and O–H groups in total. The van der Waals surface area contributed by atoms with Crippen molar-refractivity contribution < 1.29 is 4.74 Å². The Morgan fingerprint density at radius 3 is 2.56 bits per heavy atom. The largest absolute Gasteiger partial charge is 0.457 e. The van der Waals surface area contributed by atoms with E-state index in [0.29, 0.717) is 5.15 Å². The molecular formula is C19H13ClN4O. The summed E-state index contributed by atoms with van der Waals surface area (Å²) in [5.41, 5.74) is 2.64. The van der Waals surface area contributed by atoms with Gasteiger partial charge in [0.15, 0.2) is 0 Å². The van der Waals surface area contributed by atoms with Gasteiger partial charge in [-0.25, -0.2) is 15.0 Å².